The normalized spacial score (nSPS) is 24.3. The van der Waals surface area contributed by atoms with E-state index in [0.29, 0.717) is 25.3 Å². The number of ether oxygens (including phenoxy) is 2. The molecule has 1 saturated carbocycles. The molecule has 1 aliphatic carbocycles. The van der Waals surface area contributed by atoms with Gasteiger partial charge in [0.1, 0.15) is 0 Å². The van der Waals surface area contributed by atoms with Gasteiger partial charge in [0.15, 0.2) is 6.29 Å². The van der Waals surface area contributed by atoms with Crippen LogP contribution in [0.4, 0.5) is 0 Å². The Balaban J connectivity index is 2.49. The maximum absolute atomic E-state index is 6.00. The van der Waals surface area contributed by atoms with Crippen molar-refractivity contribution in [3.8, 4) is 0 Å². The maximum atomic E-state index is 6.00. The molecule has 1 rings (SSSR count). The van der Waals surface area contributed by atoms with Crippen molar-refractivity contribution in [1.29, 1.82) is 0 Å². The lowest BCUT2D eigenvalue weighted by atomic mass is 9.90. The van der Waals surface area contributed by atoms with Crippen LogP contribution in [0.15, 0.2) is 0 Å². The molecule has 0 aromatic carbocycles. The summed E-state index contributed by atoms with van der Waals surface area (Å²) in [5.41, 5.74) is 6.00. The van der Waals surface area contributed by atoms with Gasteiger partial charge in [0.2, 0.25) is 0 Å². The Morgan fingerprint density at radius 2 is 1.63 bits per heavy atom. The van der Waals surface area contributed by atoms with Gasteiger partial charge in [-0.25, -0.2) is 0 Å². The van der Waals surface area contributed by atoms with Crippen LogP contribution in [0.25, 0.3) is 0 Å². The first-order chi connectivity index (χ1) is 9.21. The minimum absolute atomic E-state index is 0.0860. The summed E-state index contributed by atoms with van der Waals surface area (Å²) in [5, 5.41) is 0. The van der Waals surface area contributed by atoms with Crippen molar-refractivity contribution in [1.82, 2.24) is 4.90 Å². The molecule has 0 aromatic heterocycles. The molecule has 4 nitrogen and oxygen atoms in total. The van der Waals surface area contributed by atoms with Crippen LogP contribution in [0, 0.1) is 0 Å². The van der Waals surface area contributed by atoms with E-state index in [2.05, 4.69) is 11.8 Å². The third-order valence-corrected chi connectivity index (χ3v) is 3.86. The summed E-state index contributed by atoms with van der Waals surface area (Å²) in [6.45, 7) is 9.70. The van der Waals surface area contributed by atoms with Gasteiger partial charge in [0, 0.05) is 31.8 Å². The van der Waals surface area contributed by atoms with E-state index in [4.69, 9.17) is 15.2 Å². The van der Waals surface area contributed by atoms with E-state index in [1.165, 1.54) is 19.3 Å². The fourth-order valence-electron chi connectivity index (χ4n) is 2.89. The second-order valence-electron chi connectivity index (χ2n) is 5.40. The number of hydrogen-bond acceptors (Lipinski definition) is 4. The highest BCUT2D eigenvalue weighted by atomic mass is 16.7. The van der Waals surface area contributed by atoms with Crippen LogP contribution in [0.5, 0.6) is 0 Å². The van der Waals surface area contributed by atoms with Gasteiger partial charge in [0.25, 0.3) is 0 Å². The van der Waals surface area contributed by atoms with Crippen molar-refractivity contribution in [3.63, 3.8) is 0 Å². The van der Waals surface area contributed by atoms with Gasteiger partial charge >= 0.3 is 0 Å². The average Bonchev–Trinajstić information content (AvgIpc) is 2.40. The van der Waals surface area contributed by atoms with E-state index in [0.717, 1.165) is 25.9 Å². The van der Waals surface area contributed by atoms with Gasteiger partial charge < -0.3 is 15.2 Å². The molecular weight excluding hydrogens is 240 g/mol. The predicted octanol–water partition coefficient (Wildman–Crippen LogP) is 2.37. The van der Waals surface area contributed by atoms with Gasteiger partial charge in [0.05, 0.1) is 0 Å². The van der Waals surface area contributed by atoms with Crippen molar-refractivity contribution >= 4 is 0 Å². The predicted molar refractivity (Wildman–Crippen MR) is 79.1 cm³/mol. The Morgan fingerprint density at radius 3 is 2.11 bits per heavy atom. The van der Waals surface area contributed by atoms with E-state index in [-0.39, 0.29) is 6.29 Å². The zero-order valence-corrected chi connectivity index (χ0v) is 12.9. The lowest BCUT2D eigenvalue weighted by Gasteiger charge is -2.37. The maximum Gasteiger partial charge on any atom is 0.170 e. The molecule has 19 heavy (non-hydrogen) atoms. The molecule has 2 N–H and O–H groups in total. The molecule has 1 fully saturated rings. The molecule has 1 aliphatic rings. The van der Waals surface area contributed by atoms with Crippen molar-refractivity contribution in [2.45, 2.75) is 71.2 Å². The van der Waals surface area contributed by atoms with Gasteiger partial charge in [-0.15, -0.1) is 0 Å². The molecule has 0 unspecified atom stereocenters. The molecule has 0 atom stereocenters. The lowest BCUT2D eigenvalue weighted by molar-refractivity contribution is -0.151. The van der Waals surface area contributed by atoms with E-state index >= 15 is 0 Å². The molecule has 0 spiro atoms. The third kappa shape index (κ3) is 6.21. The van der Waals surface area contributed by atoms with Crippen LogP contribution < -0.4 is 5.73 Å². The topological polar surface area (TPSA) is 47.7 Å². The van der Waals surface area contributed by atoms with Crippen LogP contribution in [0.1, 0.15) is 52.9 Å². The van der Waals surface area contributed by atoms with Crippen molar-refractivity contribution in [2.75, 3.05) is 26.3 Å². The van der Waals surface area contributed by atoms with E-state index < -0.39 is 0 Å². The van der Waals surface area contributed by atoms with Crippen LogP contribution >= 0.6 is 0 Å². The van der Waals surface area contributed by atoms with E-state index in [1.54, 1.807) is 0 Å². The summed E-state index contributed by atoms with van der Waals surface area (Å²) in [6, 6.07) is 1.07. The number of nitrogens with zero attached hydrogens (tertiary/aromatic N) is 1. The Morgan fingerprint density at radius 1 is 1.05 bits per heavy atom. The van der Waals surface area contributed by atoms with Gasteiger partial charge in [-0.3, -0.25) is 4.90 Å². The van der Waals surface area contributed by atoms with Gasteiger partial charge in [-0.1, -0.05) is 6.92 Å². The summed E-state index contributed by atoms with van der Waals surface area (Å²) in [5.74, 6) is 0. The molecule has 0 saturated heterocycles. The summed E-state index contributed by atoms with van der Waals surface area (Å²) in [6.07, 6.45) is 5.82. The minimum atomic E-state index is -0.0860. The Hall–Kier alpha value is -0.160. The fourth-order valence-corrected chi connectivity index (χ4v) is 2.89. The summed E-state index contributed by atoms with van der Waals surface area (Å²) >= 11 is 0. The Kier molecular flexibility index (Phi) is 8.62. The molecule has 0 bridgehead atoms. The molecule has 114 valence electrons. The summed E-state index contributed by atoms with van der Waals surface area (Å²) < 4.78 is 11.4. The zero-order valence-electron chi connectivity index (χ0n) is 12.9. The molecule has 0 amide bonds. The molecule has 0 aliphatic heterocycles. The highest BCUT2D eigenvalue weighted by Gasteiger charge is 2.26. The van der Waals surface area contributed by atoms with E-state index in [1.807, 2.05) is 13.8 Å². The number of nitrogens with two attached hydrogens (primary N) is 1. The number of rotatable bonds is 9. The second-order valence-corrected chi connectivity index (χ2v) is 5.40. The van der Waals surface area contributed by atoms with Crippen LogP contribution in [-0.2, 0) is 9.47 Å². The van der Waals surface area contributed by atoms with Crippen LogP contribution in [-0.4, -0.2) is 49.6 Å². The lowest BCUT2D eigenvalue weighted by Crippen LogP contribution is -2.45. The molecule has 0 heterocycles. The highest BCUT2D eigenvalue weighted by Crippen LogP contribution is 2.23. The van der Waals surface area contributed by atoms with Crippen molar-refractivity contribution in [3.05, 3.63) is 0 Å². The van der Waals surface area contributed by atoms with Crippen molar-refractivity contribution in [2.24, 2.45) is 5.73 Å². The second kappa shape index (κ2) is 9.70. The average molecular weight is 272 g/mol. The number of hydrogen-bond donors (Lipinski definition) is 1. The fraction of sp³-hybridized carbons (Fsp3) is 1.00. The van der Waals surface area contributed by atoms with Gasteiger partial charge in [-0.05, 0) is 52.5 Å². The molecule has 0 aromatic rings. The minimum Gasteiger partial charge on any atom is -0.352 e. The van der Waals surface area contributed by atoms with Crippen molar-refractivity contribution < 1.29 is 9.47 Å². The SMILES string of the molecule is CCCN(CC(OCC)OCC)C1CCC(N)CC1. The zero-order chi connectivity index (χ0) is 14.1. The summed E-state index contributed by atoms with van der Waals surface area (Å²) in [4.78, 5) is 2.54. The standard InChI is InChI=1S/C15H32N2O2/c1-4-11-17(12-15(18-5-2)19-6-3)14-9-7-13(16)8-10-14/h13-15H,4-12,16H2,1-3H3. The quantitative estimate of drug-likeness (QED) is 0.655. The first-order valence-electron chi connectivity index (χ1n) is 7.94. The first-order valence-corrected chi connectivity index (χ1v) is 7.94. The smallest absolute Gasteiger partial charge is 0.170 e. The monoisotopic (exact) mass is 272 g/mol. The van der Waals surface area contributed by atoms with Crippen LogP contribution in [0.3, 0.4) is 0 Å². The Labute approximate surface area is 118 Å². The molecule has 0 radical (unpaired) electrons. The Bertz CT molecular complexity index is 212. The third-order valence-electron chi connectivity index (χ3n) is 3.86. The summed E-state index contributed by atoms with van der Waals surface area (Å²) in [7, 11) is 0. The first kappa shape index (κ1) is 16.9. The largest absolute Gasteiger partial charge is 0.352 e. The molecular formula is C15H32N2O2. The highest BCUT2D eigenvalue weighted by molar-refractivity contribution is 4.81. The molecule has 4 heteroatoms. The van der Waals surface area contributed by atoms with Crippen LogP contribution in [0.2, 0.25) is 0 Å². The van der Waals surface area contributed by atoms with Gasteiger partial charge in [-0.2, -0.15) is 0 Å². The van der Waals surface area contributed by atoms with E-state index in [9.17, 15) is 0 Å².